The molecule has 0 fully saturated rings. The Morgan fingerprint density at radius 3 is 2.38 bits per heavy atom. The van der Waals surface area contributed by atoms with Crippen LogP contribution >= 0.6 is 0 Å². The van der Waals surface area contributed by atoms with Crippen LogP contribution in [0.5, 0.6) is 0 Å². The topological polar surface area (TPSA) is 34.0 Å². The van der Waals surface area contributed by atoms with Crippen LogP contribution in [0.15, 0.2) is 41.2 Å². The van der Waals surface area contributed by atoms with Gasteiger partial charge in [0, 0.05) is 18.7 Å². The molecule has 0 unspecified atom stereocenters. The number of aromatic nitrogens is 1. The van der Waals surface area contributed by atoms with Crippen LogP contribution in [0.2, 0.25) is 0 Å². The molecule has 3 heteroatoms. The molecule has 0 aliphatic heterocycles. The van der Waals surface area contributed by atoms with Gasteiger partial charge in [0.1, 0.15) is 0 Å². The Morgan fingerprint density at radius 1 is 1.05 bits per heavy atom. The quantitative estimate of drug-likeness (QED) is 0.825. The van der Waals surface area contributed by atoms with Gasteiger partial charge in [-0.15, -0.1) is 0 Å². The van der Waals surface area contributed by atoms with E-state index in [1.807, 2.05) is 17.6 Å². The lowest BCUT2D eigenvalue weighted by Crippen LogP contribution is -2.28. The molecular weight excluding hydrogens is 260 g/mol. The summed E-state index contributed by atoms with van der Waals surface area (Å²) in [4.78, 5) is 12.6. The summed E-state index contributed by atoms with van der Waals surface area (Å²) < 4.78 is 1.85. The molecule has 0 spiro atoms. The summed E-state index contributed by atoms with van der Waals surface area (Å²) >= 11 is 0. The molecular formula is C18H24N2O. The second-order valence-corrected chi connectivity index (χ2v) is 5.34. The fourth-order valence-electron chi connectivity index (χ4n) is 2.45. The van der Waals surface area contributed by atoms with Gasteiger partial charge in [-0.2, -0.15) is 0 Å². The normalized spacial score (nSPS) is 10.8. The van der Waals surface area contributed by atoms with Crippen LogP contribution in [0.4, 0.5) is 0 Å². The van der Waals surface area contributed by atoms with Crippen molar-refractivity contribution >= 4 is 0 Å². The highest BCUT2D eigenvalue weighted by Gasteiger charge is 2.09. The van der Waals surface area contributed by atoms with Gasteiger partial charge >= 0.3 is 0 Å². The molecule has 2 aromatic rings. The van der Waals surface area contributed by atoms with Gasteiger partial charge < -0.3 is 9.88 Å². The first kappa shape index (κ1) is 15.5. The smallest absolute Gasteiger partial charge is 0.255 e. The Hall–Kier alpha value is -1.87. The van der Waals surface area contributed by atoms with Crippen molar-refractivity contribution in [2.24, 2.45) is 0 Å². The van der Waals surface area contributed by atoms with Gasteiger partial charge in [-0.05, 0) is 38.4 Å². The number of pyridine rings is 1. The second kappa shape index (κ2) is 7.23. The number of aryl methyl sites for hydroxylation is 1. The van der Waals surface area contributed by atoms with Crippen LogP contribution < -0.4 is 10.9 Å². The molecule has 0 aliphatic rings. The Balaban J connectivity index is 2.37. The van der Waals surface area contributed by atoms with Crippen LogP contribution in [-0.2, 0) is 13.1 Å². The highest BCUT2D eigenvalue weighted by molar-refractivity contribution is 5.60. The molecule has 0 aliphatic carbocycles. The number of nitrogens with zero attached hydrogens (tertiary/aromatic N) is 1. The molecule has 0 bridgehead atoms. The number of hydrogen-bond donors (Lipinski definition) is 1. The Bertz CT molecular complexity index is 641. The van der Waals surface area contributed by atoms with Crippen molar-refractivity contribution in [1.82, 2.24) is 9.88 Å². The van der Waals surface area contributed by atoms with Gasteiger partial charge in [0.2, 0.25) is 0 Å². The van der Waals surface area contributed by atoms with Crippen LogP contribution in [0.25, 0.3) is 11.3 Å². The predicted octanol–water partition coefficient (Wildman–Crippen LogP) is 3.34. The first-order valence-electron chi connectivity index (χ1n) is 7.67. The maximum absolute atomic E-state index is 12.6. The first-order valence-corrected chi connectivity index (χ1v) is 7.67. The largest absolute Gasteiger partial charge is 0.312 e. The van der Waals surface area contributed by atoms with Crippen molar-refractivity contribution in [2.45, 2.75) is 40.3 Å². The maximum Gasteiger partial charge on any atom is 0.255 e. The fourth-order valence-corrected chi connectivity index (χ4v) is 2.45. The van der Waals surface area contributed by atoms with Crippen LogP contribution in [0.1, 0.15) is 31.4 Å². The zero-order chi connectivity index (χ0) is 15.2. The van der Waals surface area contributed by atoms with Gasteiger partial charge in [-0.3, -0.25) is 4.79 Å². The molecule has 1 aromatic carbocycles. The van der Waals surface area contributed by atoms with Gasteiger partial charge in [-0.1, -0.05) is 42.8 Å². The predicted molar refractivity (Wildman–Crippen MR) is 88.5 cm³/mol. The van der Waals surface area contributed by atoms with E-state index in [1.165, 1.54) is 5.56 Å². The summed E-state index contributed by atoms with van der Waals surface area (Å²) in [6, 6.07) is 12.3. The average Bonchev–Trinajstić information content (AvgIpc) is 2.50. The van der Waals surface area contributed by atoms with Gasteiger partial charge in [-0.25, -0.2) is 0 Å². The molecule has 1 heterocycles. The Kier molecular flexibility index (Phi) is 5.34. The van der Waals surface area contributed by atoms with Crippen molar-refractivity contribution in [1.29, 1.82) is 0 Å². The summed E-state index contributed by atoms with van der Waals surface area (Å²) in [5.41, 5.74) is 4.25. The van der Waals surface area contributed by atoms with Gasteiger partial charge in [0.25, 0.3) is 5.56 Å². The summed E-state index contributed by atoms with van der Waals surface area (Å²) in [6.45, 7) is 8.47. The lowest BCUT2D eigenvalue weighted by atomic mass is 10.1. The monoisotopic (exact) mass is 284 g/mol. The van der Waals surface area contributed by atoms with Gasteiger partial charge in [0.05, 0.1) is 5.69 Å². The number of hydrogen-bond acceptors (Lipinski definition) is 2. The zero-order valence-electron chi connectivity index (χ0n) is 13.1. The van der Waals surface area contributed by atoms with Crippen molar-refractivity contribution in [3.63, 3.8) is 0 Å². The van der Waals surface area contributed by atoms with E-state index in [0.29, 0.717) is 13.1 Å². The fraction of sp³-hybridized carbons (Fsp3) is 0.389. The molecule has 1 aromatic heterocycles. The second-order valence-electron chi connectivity index (χ2n) is 5.34. The molecule has 0 saturated carbocycles. The lowest BCUT2D eigenvalue weighted by Gasteiger charge is -2.13. The van der Waals surface area contributed by atoms with Crippen molar-refractivity contribution in [3.8, 4) is 11.3 Å². The summed E-state index contributed by atoms with van der Waals surface area (Å²) in [5, 5.41) is 3.30. The van der Waals surface area contributed by atoms with E-state index in [1.54, 1.807) is 0 Å². The van der Waals surface area contributed by atoms with E-state index >= 15 is 0 Å². The molecule has 21 heavy (non-hydrogen) atoms. The third-order valence-electron chi connectivity index (χ3n) is 3.66. The minimum Gasteiger partial charge on any atom is -0.312 e. The average molecular weight is 284 g/mol. The molecule has 0 amide bonds. The van der Waals surface area contributed by atoms with Crippen LogP contribution in [-0.4, -0.2) is 11.1 Å². The van der Waals surface area contributed by atoms with Crippen molar-refractivity contribution < 1.29 is 0 Å². The minimum absolute atomic E-state index is 0.110. The number of rotatable bonds is 6. The Morgan fingerprint density at radius 2 is 1.76 bits per heavy atom. The number of benzene rings is 1. The van der Waals surface area contributed by atoms with Crippen LogP contribution in [0.3, 0.4) is 0 Å². The third kappa shape index (κ3) is 3.61. The highest BCUT2D eigenvalue weighted by atomic mass is 16.1. The molecule has 112 valence electrons. The summed E-state index contributed by atoms with van der Waals surface area (Å²) in [6.07, 6.45) is 1.07. The van der Waals surface area contributed by atoms with E-state index in [0.717, 1.165) is 29.8 Å². The van der Waals surface area contributed by atoms with E-state index in [4.69, 9.17) is 0 Å². The molecule has 0 radical (unpaired) electrons. The highest BCUT2D eigenvalue weighted by Crippen LogP contribution is 2.19. The molecule has 0 saturated heterocycles. The summed E-state index contributed by atoms with van der Waals surface area (Å²) in [7, 11) is 0. The first-order chi connectivity index (χ1) is 10.2. The SMILES string of the molecule is CCCNCc1ccc(-c2ccc(C)cc2)n(CC)c1=O. The minimum atomic E-state index is 0.110. The van der Waals surface area contributed by atoms with Crippen molar-refractivity contribution in [2.75, 3.05) is 6.54 Å². The van der Waals surface area contributed by atoms with Crippen LogP contribution in [0, 0.1) is 6.92 Å². The molecule has 1 N–H and O–H groups in total. The third-order valence-corrected chi connectivity index (χ3v) is 3.66. The zero-order valence-corrected chi connectivity index (χ0v) is 13.1. The standard InChI is InChI=1S/C18H24N2O/c1-4-12-19-13-16-10-11-17(20(5-2)18(16)21)15-8-6-14(3)7-9-15/h6-11,19H,4-5,12-13H2,1-3H3. The van der Waals surface area contributed by atoms with E-state index in [9.17, 15) is 4.79 Å². The number of nitrogens with one attached hydrogen (secondary N) is 1. The van der Waals surface area contributed by atoms with Crippen molar-refractivity contribution in [3.05, 3.63) is 57.9 Å². The molecule has 2 rings (SSSR count). The Labute approximate surface area is 126 Å². The lowest BCUT2D eigenvalue weighted by molar-refractivity contribution is 0.653. The maximum atomic E-state index is 12.6. The van der Waals surface area contributed by atoms with E-state index in [2.05, 4.69) is 49.5 Å². The molecule has 0 atom stereocenters. The molecule has 3 nitrogen and oxygen atoms in total. The van der Waals surface area contributed by atoms with Gasteiger partial charge in [0.15, 0.2) is 0 Å². The van der Waals surface area contributed by atoms with E-state index in [-0.39, 0.29) is 5.56 Å². The summed E-state index contributed by atoms with van der Waals surface area (Å²) in [5.74, 6) is 0. The van der Waals surface area contributed by atoms with E-state index < -0.39 is 0 Å².